The number of aromatic nitrogens is 1. The van der Waals surface area contributed by atoms with Gasteiger partial charge in [0, 0.05) is 11.6 Å². The maximum Gasteiger partial charge on any atom is 0.235 e. The van der Waals surface area contributed by atoms with Gasteiger partial charge in [-0.1, -0.05) is 6.07 Å². The first-order valence-electron chi connectivity index (χ1n) is 5.54. The summed E-state index contributed by atoms with van der Waals surface area (Å²) in [5, 5.41) is 1.07. The quantitative estimate of drug-likeness (QED) is 0.648. The van der Waals surface area contributed by atoms with E-state index in [2.05, 4.69) is 9.98 Å². The van der Waals surface area contributed by atoms with Crippen LogP contribution in [0.5, 0.6) is 5.75 Å². The zero-order valence-corrected chi connectivity index (χ0v) is 9.49. The lowest BCUT2D eigenvalue weighted by molar-refractivity contribution is 0.419. The molecule has 1 aliphatic rings. The zero-order valence-electron chi connectivity index (χ0n) is 9.49. The molecule has 1 N–H and O–H groups in total. The summed E-state index contributed by atoms with van der Waals surface area (Å²) in [6.07, 6.45) is 5.38. The van der Waals surface area contributed by atoms with E-state index < -0.39 is 0 Å². The van der Waals surface area contributed by atoms with Gasteiger partial charge in [-0.25, -0.2) is 4.79 Å². The molecule has 0 unspecified atom stereocenters. The summed E-state index contributed by atoms with van der Waals surface area (Å²) < 4.78 is 5.29. The Hall–Kier alpha value is -2.06. The number of H-pyrrole nitrogens is 1. The predicted octanol–water partition coefficient (Wildman–Crippen LogP) is 2.50. The normalized spacial score (nSPS) is 16.5. The first kappa shape index (κ1) is 10.1. The van der Waals surface area contributed by atoms with Crippen LogP contribution in [0.2, 0.25) is 0 Å². The Labute approximate surface area is 98.3 Å². The van der Waals surface area contributed by atoms with E-state index in [-0.39, 0.29) is 5.54 Å². The van der Waals surface area contributed by atoms with Gasteiger partial charge in [-0.05, 0) is 30.5 Å². The van der Waals surface area contributed by atoms with Crippen molar-refractivity contribution in [3.63, 3.8) is 0 Å². The molecule has 1 aromatic carbocycles. The number of rotatable bonds is 3. The molecule has 0 atom stereocenters. The van der Waals surface area contributed by atoms with Crippen molar-refractivity contribution in [2.45, 2.75) is 18.4 Å². The van der Waals surface area contributed by atoms with E-state index in [0.717, 1.165) is 35.1 Å². The lowest BCUT2D eigenvalue weighted by Gasteiger charge is -2.11. The summed E-state index contributed by atoms with van der Waals surface area (Å²) >= 11 is 0. The molecular weight excluding hydrogens is 216 g/mol. The molecule has 86 valence electrons. The van der Waals surface area contributed by atoms with Gasteiger partial charge in [0.25, 0.3) is 0 Å². The predicted molar refractivity (Wildman–Crippen MR) is 63.9 cm³/mol. The molecule has 4 nitrogen and oxygen atoms in total. The molecule has 1 fully saturated rings. The van der Waals surface area contributed by atoms with Gasteiger partial charge in [0.1, 0.15) is 5.75 Å². The van der Waals surface area contributed by atoms with Crippen molar-refractivity contribution in [3.05, 3.63) is 30.0 Å². The van der Waals surface area contributed by atoms with Crippen molar-refractivity contribution in [1.29, 1.82) is 0 Å². The minimum atomic E-state index is -0.339. The van der Waals surface area contributed by atoms with Gasteiger partial charge in [-0.3, -0.25) is 0 Å². The highest BCUT2D eigenvalue weighted by Gasteiger charge is 2.46. The summed E-state index contributed by atoms with van der Waals surface area (Å²) in [5.74, 6) is 0.805. The molecule has 1 aromatic heterocycles. The van der Waals surface area contributed by atoms with Gasteiger partial charge in [0.05, 0.1) is 18.2 Å². The third kappa shape index (κ3) is 1.38. The Morgan fingerprint density at radius 1 is 1.41 bits per heavy atom. The van der Waals surface area contributed by atoms with E-state index in [1.807, 2.05) is 24.4 Å². The second-order valence-corrected chi connectivity index (χ2v) is 4.32. The highest BCUT2D eigenvalue weighted by molar-refractivity contribution is 5.89. The van der Waals surface area contributed by atoms with Gasteiger partial charge in [-0.2, -0.15) is 4.99 Å². The molecule has 1 aliphatic carbocycles. The second kappa shape index (κ2) is 3.47. The van der Waals surface area contributed by atoms with Crippen LogP contribution in [0.4, 0.5) is 0 Å². The molecular formula is C13H12N2O2. The molecule has 0 saturated heterocycles. The number of hydrogen-bond donors (Lipinski definition) is 1. The Balaban J connectivity index is 2.25. The molecule has 0 radical (unpaired) electrons. The van der Waals surface area contributed by atoms with Crippen molar-refractivity contribution in [2.24, 2.45) is 4.99 Å². The average Bonchev–Trinajstić information content (AvgIpc) is 2.95. The van der Waals surface area contributed by atoms with Gasteiger partial charge in [0.2, 0.25) is 6.08 Å². The molecule has 3 rings (SSSR count). The fourth-order valence-corrected chi connectivity index (χ4v) is 2.35. The molecule has 0 aliphatic heterocycles. The van der Waals surface area contributed by atoms with E-state index in [4.69, 9.17) is 4.74 Å². The zero-order chi connectivity index (χ0) is 11.9. The van der Waals surface area contributed by atoms with Crippen molar-refractivity contribution in [1.82, 2.24) is 4.98 Å². The van der Waals surface area contributed by atoms with Crippen molar-refractivity contribution in [2.75, 3.05) is 7.11 Å². The Kier molecular flexibility index (Phi) is 2.06. The maximum atomic E-state index is 10.5. The Bertz CT molecular complexity index is 619. The number of fused-ring (bicyclic) bond motifs is 1. The SMILES string of the molecule is COc1ccc(C2(N=C=O)CC2)c2cc[nH]c12. The third-order valence-corrected chi connectivity index (χ3v) is 3.39. The summed E-state index contributed by atoms with van der Waals surface area (Å²) in [6, 6.07) is 5.89. The monoisotopic (exact) mass is 228 g/mol. The number of nitrogens with one attached hydrogen (secondary N) is 1. The Morgan fingerprint density at radius 3 is 2.88 bits per heavy atom. The summed E-state index contributed by atoms with van der Waals surface area (Å²) in [4.78, 5) is 17.6. The van der Waals surface area contributed by atoms with Crippen molar-refractivity contribution >= 4 is 17.0 Å². The third-order valence-electron chi connectivity index (χ3n) is 3.39. The summed E-state index contributed by atoms with van der Waals surface area (Å²) in [6.45, 7) is 0. The standard InChI is InChI=1S/C13H12N2O2/c1-17-11-3-2-10(9-4-7-14-12(9)11)13(5-6-13)15-8-16/h2-4,7,14H,5-6H2,1H3. The smallest absolute Gasteiger partial charge is 0.235 e. The maximum absolute atomic E-state index is 10.5. The molecule has 2 aromatic rings. The van der Waals surface area contributed by atoms with E-state index in [1.54, 1.807) is 13.2 Å². The number of methoxy groups -OCH3 is 1. The van der Waals surface area contributed by atoms with E-state index in [9.17, 15) is 4.79 Å². The number of aliphatic imine (C=N–C) groups is 1. The number of isocyanates is 1. The van der Waals surface area contributed by atoms with Gasteiger partial charge in [0.15, 0.2) is 0 Å². The molecule has 0 amide bonds. The van der Waals surface area contributed by atoms with Crippen molar-refractivity contribution in [3.8, 4) is 5.75 Å². The molecule has 1 heterocycles. The fourth-order valence-electron chi connectivity index (χ4n) is 2.35. The number of hydrogen-bond acceptors (Lipinski definition) is 3. The minimum absolute atomic E-state index is 0.339. The number of benzene rings is 1. The Morgan fingerprint density at radius 2 is 2.24 bits per heavy atom. The first-order valence-corrected chi connectivity index (χ1v) is 5.54. The van der Waals surface area contributed by atoms with Crippen LogP contribution in [-0.4, -0.2) is 18.2 Å². The van der Waals surface area contributed by atoms with Crippen LogP contribution < -0.4 is 4.74 Å². The van der Waals surface area contributed by atoms with Crippen LogP contribution in [0.15, 0.2) is 29.4 Å². The highest BCUT2D eigenvalue weighted by Crippen LogP contribution is 2.51. The summed E-state index contributed by atoms with van der Waals surface area (Å²) in [5.41, 5.74) is 1.70. The van der Waals surface area contributed by atoms with Crippen LogP contribution in [-0.2, 0) is 10.3 Å². The highest BCUT2D eigenvalue weighted by atomic mass is 16.5. The molecule has 1 saturated carbocycles. The van der Waals surface area contributed by atoms with Crippen LogP contribution in [0.1, 0.15) is 18.4 Å². The number of ether oxygens (including phenoxy) is 1. The molecule has 17 heavy (non-hydrogen) atoms. The van der Waals surface area contributed by atoms with Crippen LogP contribution in [0.3, 0.4) is 0 Å². The molecule has 4 heteroatoms. The largest absolute Gasteiger partial charge is 0.495 e. The second-order valence-electron chi connectivity index (χ2n) is 4.32. The van der Waals surface area contributed by atoms with E-state index in [1.165, 1.54) is 0 Å². The summed E-state index contributed by atoms with van der Waals surface area (Å²) in [7, 11) is 1.64. The minimum Gasteiger partial charge on any atom is -0.495 e. The number of nitrogens with zero attached hydrogens (tertiary/aromatic N) is 1. The van der Waals surface area contributed by atoms with Gasteiger partial charge < -0.3 is 9.72 Å². The topological polar surface area (TPSA) is 54.4 Å². The molecule has 0 spiro atoms. The molecule has 0 bridgehead atoms. The van der Waals surface area contributed by atoms with Crippen LogP contribution in [0.25, 0.3) is 10.9 Å². The lowest BCUT2D eigenvalue weighted by Crippen LogP contribution is -2.03. The van der Waals surface area contributed by atoms with Crippen LogP contribution in [0, 0.1) is 0 Å². The fraction of sp³-hybridized carbons (Fsp3) is 0.308. The number of carbonyl (C=O) groups excluding carboxylic acids is 1. The average molecular weight is 228 g/mol. The van der Waals surface area contributed by atoms with E-state index in [0.29, 0.717) is 0 Å². The van der Waals surface area contributed by atoms with Crippen LogP contribution >= 0.6 is 0 Å². The first-order chi connectivity index (χ1) is 8.30. The van der Waals surface area contributed by atoms with Crippen molar-refractivity contribution < 1.29 is 9.53 Å². The lowest BCUT2D eigenvalue weighted by atomic mass is 10.0. The van der Waals surface area contributed by atoms with Gasteiger partial charge in [-0.15, -0.1) is 0 Å². The number of aromatic amines is 1. The van der Waals surface area contributed by atoms with Gasteiger partial charge >= 0.3 is 0 Å². The van der Waals surface area contributed by atoms with E-state index >= 15 is 0 Å².